The lowest BCUT2D eigenvalue weighted by Crippen LogP contribution is -2.09. The summed E-state index contributed by atoms with van der Waals surface area (Å²) in [6.07, 6.45) is 2.42. The Morgan fingerprint density at radius 2 is 2.25 bits per heavy atom. The molecule has 0 bridgehead atoms. The Morgan fingerprint density at radius 3 is 2.81 bits per heavy atom. The van der Waals surface area contributed by atoms with Crippen LogP contribution in [0.25, 0.3) is 0 Å². The number of hydrogen-bond donors (Lipinski definition) is 1. The highest BCUT2D eigenvalue weighted by Gasteiger charge is 2.22. The van der Waals surface area contributed by atoms with E-state index in [-0.39, 0.29) is 11.7 Å². The third-order valence-corrected chi connectivity index (χ3v) is 3.05. The van der Waals surface area contributed by atoms with Crippen LogP contribution in [0.1, 0.15) is 31.2 Å². The van der Waals surface area contributed by atoms with Gasteiger partial charge in [-0.2, -0.15) is 0 Å². The van der Waals surface area contributed by atoms with Crippen molar-refractivity contribution in [1.29, 1.82) is 0 Å². The Kier molecular flexibility index (Phi) is 3.44. The number of ether oxygens (including phenoxy) is 1. The van der Waals surface area contributed by atoms with E-state index in [1.807, 2.05) is 13.0 Å². The van der Waals surface area contributed by atoms with Crippen LogP contribution in [-0.4, -0.2) is 13.2 Å². The maximum atomic E-state index is 13.7. The Balaban J connectivity index is 2.02. The topological polar surface area (TPSA) is 35.2 Å². The average molecular weight is 223 g/mol. The van der Waals surface area contributed by atoms with Crippen LogP contribution in [0.2, 0.25) is 0 Å². The SMILES string of the molecule is CC(CN)c1ccc(OCC2CC2)c(F)c1. The molecule has 1 aliphatic rings. The monoisotopic (exact) mass is 223 g/mol. The molecule has 1 atom stereocenters. The van der Waals surface area contributed by atoms with Crippen molar-refractivity contribution in [3.05, 3.63) is 29.6 Å². The molecule has 1 aliphatic carbocycles. The van der Waals surface area contributed by atoms with E-state index < -0.39 is 0 Å². The molecule has 0 aromatic heterocycles. The number of rotatable bonds is 5. The van der Waals surface area contributed by atoms with E-state index in [4.69, 9.17) is 10.5 Å². The second-order valence-corrected chi connectivity index (χ2v) is 4.58. The van der Waals surface area contributed by atoms with Gasteiger partial charge in [0, 0.05) is 0 Å². The third-order valence-electron chi connectivity index (χ3n) is 3.05. The highest BCUT2D eigenvalue weighted by atomic mass is 19.1. The van der Waals surface area contributed by atoms with E-state index in [9.17, 15) is 4.39 Å². The molecule has 1 aromatic carbocycles. The number of nitrogens with two attached hydrogens (primary N) is 1. The summed E-state index contributed by atoms with van der Waals surface area (Å²) in [5.74, 6) is 0.910. The molecule has 0 radical (unpaired) electrons. The first-order valence-electron chi connectivity index (χ1n) is 5.83. The number of benzene rings is 1. The molecule has 3 heteroatoms. The fourth-order valence-electron chi connectivity index (χ4n) is 1.57. The van der Waals surface area contributed by atoms with Gasteiger partial charge in [-0.05, 0) is 48.9 Å². The molecule has 0 saturated heterocycles. The van der Waals surface area contributed by atoms with E-state index in [0.717, 1.165) is 5.56 Å². The Labute approximate surface area is 95.6 Å². The fraction of sp³-hybridized carbons (Fsp3) is 0.538. The maximum absolute atomic E-state index is 13.7. The first-order chi connectivity index (χ1) is 7.70. The van der Waals surface area contributed by atoms with Gasteiger partial charge in [-0.15, -0.1) is 0 Å². The van der Waals surface area contributed by atoms with Gasteiger partial charge < -0.3 is 10.5 Å². The van der Waals surface area contributed by atoms with E-state index >= 15 is 0 Å². The van der Waals surface area contributed by atoms with E-state index in [1.54, 1.807) is 6.07 Å². The van der Waals surface area contributed by atoms with E-state index in [2.05, 4.69) is 0 Å². The summed E-state index contributed by atoms with van der Waals surface area (Å²) < 4.78 is 19.1. The molecular weight excluding hydrogens is 205 g/mol. The second-order valence-electron chi connectivity index (χ2n) is 4.58. The van der Waals surface area contributed by atoms with Gasteiger partial charge in [0.1, 0.15) is 0 Å². The molecule has 2 nitrogen and oxygen atoms in total. The van der Waals surface area contributed by atoms with Gasteiger partial charge in [0.25, 0.3) is 0 Å². The average Bonchev–Trinajstić information content (AvgIpc) is 3.10. The van der Waals surface area contributed by atoms with Crippen LogP contribution in [-0.2, 0) is 0 Å². The maximum Gasteiger partial charge on any atom is 0.165 e. The van der Waals surface area contributed by atoms with Crippen molar-refractivity contribution in [3.63, 3.8) is 0 Å². The molecule has 0 amide bonds. The van der Waals surface area contributed by atoms with Gasteiger partial charge in [-0.1, -0.05) is 13.0 Å². The van der Waals surface area contributed by atoms with Crippen molar-refractivity contribution in [3.8, 4) is 5.75 Å². The van der Waals surface area contributed by atoms with Crippen molar-refractivity contribution >= 4 is 0 Å². The lowest BCUT2D eigenvalue weighted by atomic mass is 10.0. The van der Waals surface area contributed by atoms with Gasteiger partial charge in [-0.3, -0.25) is 0 Å². The highest BCUT2D eigenvalue weighted by molar-refractivity contribution is 5.31. The summed E-state index contributed by atoms with van der Waals surface area (Å²) in [7, 11) is 0. The molecule has 1 unspecified atom stereocenters. The minimum Gasteiger partial charge on any atom is -0.490 e. The van der Waals surface area contributed by atoms with E-state index in [1.165, 1.54) is 18.9 Å². The quantitative estimate of drug-likeness (QED) is 0.833. The zero-order chi connectivity index (χ0) is 11.5. The molecule has 2 rings (SSSR count). The summed E-state index contributed by atoms with van der Waals surface area (Å²) in [6.45, 7) is 3.16. The summed E-state index contributed by atoms with van der Waals surface area (Å²) in [4.78, 5) is 0. The molecule has 88 valence electrons. The predicted molar refractivity (Wildman–Crippen MR) is 62.1 cm³/mol. The van der Waals surface area contributed by atoms with Gasteiger partial charge in [0.05, 0.1) is 6.61 Å². The Hall–Kier alpha value is -1.09. The Morgan fingerprint density at radius 1 is 1.50 bits per heavy atom. The molecule has 1 saturated carbocycles. The van der Waals surface area contributed by atoms with Gasteiger partial charge in [-0.25, -0.2) is 4.39 Å². The molecule has 0 heterocycles. The lowest BCUT2D eigenvalue weighted by molar-refractivity contribution is 0.285. The first-order valence-corrected chi connectivity index (χ1v) is 5.83. The summed E-state index contributed by atoms with van der Waals surface area (Å²) in [5.41, 5.74) is 6.47. The van der Waals surface area contributed by atoms with Crippen LogP contribution in [0.3, 0.4) is 0 Å². The Bertz CT molecular complexity index is 363. The second kappa shape index (κ2) is 4.83. The number of halogens is 1. The van der Waals surface area contributed by atoms with Crippen LogP contribution < -0.4 is 10.5 Å². The summed E-state index contributed by atoms with van der Waals surface area (Å²) in [6, 6.07) is 5.13. The minimum atomic E-state index is -0.279. The predicted octanol–water partition coefficient (Wildman–Crippen LogP) is 2.68. The standard InChI is InChI=1S/C13H18FNO/c1-9(7-15)11-4-5-13(12(14)6-11)16-8-10-2-3-10/h4-6,9-10H,2-3,7-8,15H2,1H3. The summed E-state index contributed by atoms with van der Waals surface area (Å²) in [5, 5.41) is 0. The smallest absolute Gasteiger partial charge is 0.165 e. The molecule has 16 heavy (non-hydrogen) atoms. The van der Waals surface area contributed by atoms with Gasteiger partial charge in [0.15, 0.2) is 11.6 Å². The normalized spacial score (nSPS) is 17.2. The largest absolute Gasteiger partial charge is 0.490 e. The van der Waals surface area contributed by atoms with Crippen LogP contribution in [0.5, 0.6) is 5.75 Å². The van der Waals surface area contributed by atoms with Gasteiger partial charge in [0.2, 0.25) is 0 Å². The van der Waals surface area contributed by atoms with Crippen LogP contribution in [0.4, 0.5) is 4.39 Å². The van der Waals surface area contributed by atoms with Crippen LogP contribution >= 0.6 is 0 Å². The highest BCUT2D eigenvalue weighted by Crippen LogP contribution is 2.30. The molecule has 1 fully saturated rings. The zero-order valence-corrected chi connectivity index (χ0v) is 9.58. The van der Waals surface area contributed by atoms with Crippen molar-refractivity contribution in [1.82, 2.24) is 0 Å². The lowest BCUT2D eigenvalue weighted by Gasteiger charge is -2.11. The van der Waals surface area contributed by atoms with Crippen molar-refractivity contribution < 1.29 is 9.13 Å². The molecular formula is C13H18FNO. The van der Waals surface area contributed by atoms with Gasteiger partial charge >= 0.3 is 0 Å². The van der Waals surface area contributed by atoms with Crippen molar-refractivity contribution in [2.24, 2.45) is 11.7 Å². The van der Waals surface area contributed by atoms with Crippen molar-refractivity contribution in [2.45, 2.75) is 25.7 Å². The van der Waals surface area contributed by atoms with E-state index in [0.29, 0.717) is 24.8 Å². The molecule has 1 aromatic rings. The van der Waals surface area contributed by atoms with Crippen LogP contribution in [0, 0.1) is 11.7 Å². The summed E-state index contributed by atoms with van der Waals surface area (Å²) >= 11 is 0. The third kappa shape index (κ3) is 2.73. The molecule has 2 N–H and O–H groups in total. The number of hydrogen-bond acceptors (Lipinski definition) is 2. The molecule has 0 spiro atoms. The first kappa shape index (κ1) is 11.4. The zero-order valence-electron chi connectivity index (χ0n) is 9.58. The minimum absolute atomic E-state index is 0.187. The fourth-order valence-corrected chi connectivity index (χ4v) is 1.57. The van der Waals surface area contributed by atoms with Crippen LogP contribution in [0.15, 0.2) is 18.2 Å². The molecule has 0 aliphatic heterocycles. The van der Waals surface area contributed by atoms with Crippen molar-refractivity contribution in [2.75, 3.05) is 13.2 Å².